The van der Waals surface area contributed by atoms with Gasteiger partial charge in [0.25, 0.3) is 0 Å². The Labute approximate surface area is 317 Å². The molecule has 0 spiro atoms. The van der Waals surface area contributed by atoms with E-state index in [1.165, 1.54) is 4.90 Å². The number of carbonyl (C=O) groups is 4. The van der Waals surface area contributed by atoms with E-state index in [2.05, 4.69) is 17.4 Å². The third kappa shape index (κ3) is 8.54. The van der Waals surface area contributed by atoms with E-state index < -0.39 is 46.9 Å². The average Bonchev–Trinajstić information content (AvgIpc) is 3.60. The molecule has 1 aliphatic carbocycles. The lowest BCUT2D eigenvalue weighted by molar-refractivity contribution is -0.151. The van der Waals surface area contributed by atoms with E-state index in [4.69, 9.17) is 25.8 Å². The molecule has 6 rings (SSSR count). The molecule has 282 valence electrons. The van der Waals surface area contributed by atoms with Crippen molar-refractivity contribution >= 4 is 35.5 Å². The zero-order chi connectivity index (χ0) is 38.1. The minimum absolute atomic E-state index is 0.0159. The normalized spacial score (nSPS) is 21.4. The van der Waals surface area contributed by atoms with Gasteiger partial charge in [-0.2, -0.15) is 0 Å². The highest BCUT2D eigenvalue weighted by Crippen LogP contribution is 2.45. The molecule has 0 bridgehead atoms. The first-order chi connectivity index (χ1) is 25.1. The third-order valence-electron chi connectivity index (χ3n) is 10.5. The van der Waals surface area contributed by atoms with Gasteiger partial charge in [-0.15, -0.1) is 0 Å². The Bertz CT molecular complexity index is 1810. The monoisotopic (exact) mass is 743 g/mol. The van der Waals surface area contributed by atoms with Gasteiger partial charge in [0.05, 0.1) is 6.61 Å². The van der Waals surface area contributed by atoms with Crippen LogP contribution in [0.4, 0.5) is 9.59 Å². The van der Waals surface area contributed by atoms with Gasteiger partial charge < -0.3 is 29.3 Å². The van der Waals surface area contributed by atoms with Gasteiger partial charge in [-0.3, -0.25) is 9.59 Å². The summed E-state index contributed by atoms with van der Waals surface area (Å²) in [6.07, 6.45) is 0.888. The lowest BCUT2D eigenvalue weighted by Gasteiger charge is -2.44. The minimum atomic E-state index is -1.10. The van der Waals surface area contributed by atoms with Crippen LogP contribution in [-0.4, -0.2) is 83.4 Å². The molecule has 2 saturated heterocycles. The van der Waals surface area contributed by atoms with Gasteiger partial charge in [0.2, 0.25) is 5.91 Å². The highest BCUT2D eigenvalue weighted by atomic mass is 35.5. The van der Waals surface area contributed by atoms with Crippen molar-refractivity contribution in [3.8, 4) is 11.1 Å². The molecule has 3 aromatic carbocycles. The maximum Gasteiger partial charge on any atom is 0.410 e. The Morgan fingerprint density at radius 3 is 2.21 bits per heavy atom. The van der Waals surface area contributed by atoms with Crippen molar-refractivity contribution < 1.29 is 33.4 Å². The van der Waals surface area contributed by atoms with Gasteiger partial charge >= 0.3 is 12.2 Å². The number of Topliss-reactive ketones (excluding diaryl/α,β-unsaturated/α-hetero) is 1. The number of benzene rings is 3. The third-order valence-corrected chi connectivity index (χ3v) is 10.8. The van der Waals surface area contributed by atoms with Crippen LogP contribution in [0, 0.1) is 5.41 Å². The first-order valence-corrected chi connectivity index (χ1v) is 18.8. The van der Waals surface area contributed by atoms with Gasteiger partial charge in [0, 0.05) is 30.5 Å². The van der Waals surface area contributed by atoms with E-state index in [-0.39, 0.29) is 31.3 Å². The van der Waals surface area contributed by atoms with Crippen LogP contribution in [0.5, 0.6) is 0 Å². The van der Waals surface area contributed by atoms with Crippen LogP contribution >= 0.6 is 11.6 Å². The Kier molecular flexibility index (Phi) is 10.9. The van der Waals surface area contributed by atoms with E-state index in [1.54, 1.807) is 25.7 Å². The number of rotatable bonds is 9. The van der Waals surface area contributed by atoms with Gasteiger partial charge in [-0.1, -0.05) is 72.3 Å². The van der Waals surface area contributed by atoms with Crippen LogP contribution in [0.3, 0.4) is 0 Å². The smallest absolute Gasteiger partial charge is 0.410 e. The minimum Gasteiger partial charge on any atom is -0.449 e. The number of likely N-dealkylation sites (tertiary alicyclic amines) is 1. The number of nitrogens with one attached hydrogen (secondary N) is 1. The van der Waals surface area contributed by atoms with E-state index in [1.807, 2.05) is 81.4 Å². The number of hydrogen-bond acceptors (Lipinski definition) is 7. The van der Waals surface area contributed by atoms with Crippen molar-refractivity contribution in [1.82, 2.24) is 15.1 Å². The first kappa shape index (κ1) is 38.3. The van der Waals surface area contributed by atoms with E-state index in [0.29, 0.717) is 37.4 Å². The number of carbonyl (C=O) groups excluding carboxylic acids is 4. The molecule has 10 nitrogen and oxygen atoms in total. The zero-order valence-electron chi connectivity index (χ0n) is 31.4. The fourth-order valence-corrected chi connectivity index (χ4v) is 8.24. The Morgan fingerprint density at radius 2 is 1.58 bits per heavy atom. The molecule has 1 N–H and O–H groups in total. The summed E-state index contributed by atoms with van der Waals surface area (Å²) >= 11 is 6.19. The molecular formula is C42H50ClN3O7. The Morgan fingerprint density at radius 1 is 0.962 bits per heavy atom. The van der Waals surface area contributed by atoms with Crippen LogP contribution < -0.4 is 5.32 Å². The summed E-state index contributed by atoms with van der Waals surface area (Å²) < 4.78 is 17.5. The summed E-state index contributed by atoms with van der Waals surface area (Å²) in [7, 11) is 0. The van der Waals surface area contributed by atoms with E-state index in [9.17, 15) is 19.2 Å². The van der Waals surface area contributed by atoms with Crippen molar-refractivity contribution in [1.29, 1.82) is 0 Å². The molecule has 0 saturated carbocycles. The quantitative estimate of drug-likeness (QED) is 0.238. The number of hydrogen-bond donors (Lipinski definition) is 1. The topological polar surface area (TPSA) is 114 Å². The Hall–Kier alpha value is -4.41. The number of fused-ring (bicyclic) bond motifs is 3. The fraction of sp³-hybridized carbons (Fsp3) is 0.476. The molecule has 2 fully saturated rings. The maximum atomic E-state index is 14.4. The van der Waals surface area contributed by atoms with Crippen molar-refractivity contribution in [3.05, 3.63) is 94.5 Å². The number of alkyl carbamates (subject to hydrolysis) is 1. The van der Waals surface area contributed by atoms with Gasteiger partial charge in [0.1, 0.15) is 30.0 Å². The lowest BCUT2D eigenvalue weighted by Crippen LogP contribution is -2.57. The number of amides is 3. The number of piperidine rings is 1. The second-order valence-corrected chi connectivity index (χ2v) is 16.6. The van der Waals surface area contributed by atoms with Gasteiger partial charge in [-0.05, 0) is 106 Å². The SMILES string of the molecule is C[C@H](NC(=O)OCC1c2ccccc2-c2ccccc21)C(=O)N1[C@H](C(=O)C[C@@]2(Cc3ccc(Cl)cc3)CCCN(C(=O)OC(C)(C)C)C2)COC1(C)C. The summed E-state index contributed by atoms with van der Waals surface area (Å²) in [5.41, 5.74) is 3.01. The van der Waals surface area contributed by atoms with E-state index in [0.717, 1.165) is 27.8 Å². The molecule has 0 radical (unpaired) electrons. The number of ether oxygens (including phenoxy) is 3. The molecule has 0 unspecified atom stereocenters. The van der Waals surface area contributed by atoms with Crippen LogP contribution in [0.15, 0.2) is 72.8 Å². The summed E-state index contributed by atoms with van der Waals surface area (Å²) in [6, 6.07) is 21.8. The van der Waals surface area contributed by atoms with Crippen LogP contribution in [0.25, 0.3) is 11.1 Å². The summed E-state index contributed by atoms with van der Waals surface area (Å²) in [4.78, 5) is 58.1. The second kappa shape index (κ2) is 15.1. The zero-order valence-corrected chi connectivity index (χ0v) is 32.2. The predicted molar refractivity (Wildman–Crippen MR) is 203 cm³/mol. The second-order valence-electron chi connectivity index (χ2n) is 16.1. The lowest BCUT2D eigenvalue weighted by atomic mass is 9.71. The van der Waals surface area contributed by atoms with E-state index >= 15 is 0 Å². The highest BCUT2D eigenvalue weighted by molar-refractivity contribution is 6.30. The molecule has 3 atom stereocenters. The predicted octanol–water partition coefficient (Wildman–Crippen LogP) is 7.75. The molecular weight excluding hydrogens is 694 g/mol. The van der Waals surface area contributed by atoms with Crippen LogP contribution in [0.2, 0.25) is 5.02 Å². The maximum absolute atomic E-state index is 14.4. The summed E-state index contributed by atoms with van der Waals surface area (Å²) in [5.74, 6) is -0.749. The molecule has 11 heteroatoms. The molecule has 53 heavy (non-hydrogen) atoms. The highest BCUT2D eigenvalue weighted by Gasteiger charge is 2.50. The average molecular weight is 744 g/mol. The number of nitrogens with zero attached hydrogens (tertiary/aromatic N) is 2. The van der Waals surface area contributed by atoms with Crippen LogP contribution in [-0.2, 0) is 30.2 Å². The Balaban J connectivity index is 1.15. The number of ketones is 1. The largest absolute Gasteiger partial charge is 0.449 e. The molecule has 2 heterocycles. The van der Waals surface area contributed by atoms with Crippen molar-refractivity contribution in [2.45, 2.75) is 96.6 Å². The molecule has 3 amide bonds. The summed E-state index contributed by atoms with van der Waals surface area (Å²) in [5, 5.41) is 3.31. The van der Waals surface area contributed by atoms with Crippen molar-refractivity contribution in [2.24, 2.45) is 5.41 Å². The van der Waals surface area contributed by atoms with Gasteiger partial charge in [-0.25, -0.2) is 9.59 Å². The van der Waals surface area contributed by atoms with Gasteiger partial charge in [0.15, 0.2) is 5.78 Å². The molecule has 3 aromatic rings. The van der Waals surface area contributed by atoms with Crippen molar-refractivity contribution in [3.63, 3.8) is 0 Å². The number of halogens is 1. The first-order valence-electron chi connectivity index (χ1n) is 18.4. The molecule has 0 aromatic heterocycles. The van der Waals surface area contributed by atoms with Crippen LogP contribution in [0.1, 0.15) is 83.4 Å². The van der Waals surface area contributed by atoms with Crippen molar-refractivity contribution in [2.75, 3.05) is 26.3 Å². The summed E-state index contributed by atoms with van der Waals surface area (Å²) in [6.45, 7) is 11.5. The molecule has 2 aliphatic heterocycles. The standard InChI is InChI=1S/C42H50ClN3O7/c1-27(44-38(49)51-24-34-32-14-9-7-12-30(32)31-13-8-10-15-33(31)34)37(48)46-35(25-52-41(46,5)6)36(47)23-42(22-28-16-18-29(43)19-17-28)20-11-21-45(26-42)39(50)53-40(2,3)4/h7-10,12-19,27,34-35H,11,20-26H2,1-6H3,(H,44,49)/t27-,35-,42-/m0/s1. The fourth-order valence-electron chi connectivity index (χ4n) is 8.11. The molecule has 3 aliphatic rings.